The highest BCUT2D eigenvalue weighted by Crippen LogP contribution is 2.40. The number of hydrogen-bond acceptors (Lipinski definition) is 5. The van der Waals surface area contributed by atoms with Crippen molar-refractivity contribution < 1.29 is 18.7 Å². The molecule has 1 atom stereocenters. The van der Waals surface area contributed by atoms with Crippen molar-refractivity contribution in [2.45, 2.75) is 39.5 Å². The Kier molecular flexibility index (Phi) is 5.36. The van der Waals surface area contributed by atoms with Crippen LogP contribution in [0.5, 0.6) is 0 Å². The highest BCUT2D eigenvalue weighted by molar-refractivity contribution is 7.17. The van der Waals surface area contributed by atoms with Crippen LogP contribution in [0.4, 0.5) is 9.39 Å². The van der Waals surface area contributed by atoms with Crippen molar-refractivity contribution in [1.29, 1.82) is 0 Å². The molecule has 0 aliphatic heterocycles. The molecule has 152 valence electrons. The van der Waals surface area contributed by atoms with Gasteiger partial charge in [-0.25, -0.2) is 14.2 Å². The number of nitrogens with zero attached hydrogens (tertiary/aromatic N) is 2. The number of esters is 1. The molecular weight excluding hydrogens is 393 g/mol. The van der Waals surface area contributed by atoms with Crippen molar-refractivity contribution in [3.8, 4) is 0 Å². The van der Waals surface area contributed by atoms with Crippen LogP contribution < -0.4 is 5.32 Å². The van der Waals surface area contributed by atoms with E-state index < -0.39 is 5.97 Å². The third-order valence-corrected chi connectivity index (χ3v) is 6.22. The highest BCUT2D eigenvalue weighted by Gasteiger charge is 2.29. The maximum Gasteiger partial charge on any atom is 0.341 e. The molecule has 1 aliphatic rings. The summed E-state index contributed by atoms with van der Waals surface area (Å²) in [6.45, 7) is 4.24. The maximum absolute atomic E-state index is 13.3. The van der Waals surface area contributed by atoms with Crippen LogP contribution in [0.1, 0.15) is 46.8 Å². The van der Waals surface area contributed by atoms with Gasteiger partial charge in [0.1, 0.15) is 16.5 Å². The van der Waals surface area contributed by atoms with Gasteiger partial charge in [0.15, 0.2) is 0 Å². The number of amides is 1. The van der Waals surface area contributed by atoms with E-state index in [9.17, 15) is 14.0 Å². The van der Waals surface area contributed by atoms with Gasteiger partial charge in [0.05, 0.1) is 24.3 Å². The number of thiophene rings is 1. The molecule has 3 aromatic heterocycles. The van der Waals surface area contributed by atoms with E-state index in [1.165, 1.54) is 23.6 Å². The number of halogens is 1. The van der Waals surface area contributed by atoms with Crippen LogP contribution >= 0.6 is 11.3 Å². The molecule has 1 amide bonds. The van der Waals surface area contributed by atoms with E-state index in [1.54, 1.807) is 23.6 Å². The van der Waals surface area contributed by atoms with Gasteiger partial charge in [-0.1, -0.05) is 6.92 Å². The van der Waals surface area contributed by atoms with Crippen molar-refractivity contribution in [2.24, 2.45) is 5.92 Å². The molecule has 0 fully saturated rings. The Bertz CT molecular complexity index is 1090. The molecule has 0 radical (unpaired) electrons. The van der Waals surface area contributed by atoms with Crippen molar-refractivity contribution in [1.82, 2.24) is 9.38 Å². The van der Waals surface area contributed by atoms with Gasteiger partial charge in [-0.05, 0) is 49.8 Å². The van der Waals surface area contributed by atoms with Crippen LogP contribution in [-0.4, -0.2) is 27.9 Å². The third-order valence-electron chi connectivity index (χ3n) is 5.05. The summed E-state index contributed by atoms with van der Waals surface area (Å²) in [4.78, 5) is 30.7. The fourth-order valence-electron chi connectivity index (χ4n) is 3.70. The lowest BCUT2D eigenvalue weighted by atomic mass is 9.88. The Labute approximate surface area is 171 Å². The summed E-state index contributed by atoms with van der Waals surface area (Å²) in [6.07, 6.45) is 5.71. The minimum atomic E-state index is -0.391. The van der Waals surface area contributed by atoms with E-state index in [-0.39, 0.29) is 24.8 Å². The van der Waals surface area contributed by atoms with Crippen molar-refractivity contribution in [2.75, 3.05) is 11.9 Å². The third kappa shape index (κ3) is 4.03. The summed E-state index contributed by atoms with van der Waals surface area (Å²) in [6, 6.07) is 2.89. The molecule has 1 aliphatic carbocycles. The molecule has 0 aromatic carbocycles. The number of aromatic nitrogens is 2. The van der Waals surface area contributed by atoms with Crippen LogP contribution in [0.15, 0.2) is 24.5 Å². The fourth-order valence-corrected chi connectivity index (χ4v) is 5.11. The second kappa shape index (κ2) is 7.94. The first kappa shape index (κ1) is 19.6. The number of nitrogens with one attached hydrogen (secondary N) is 1. The maximum atomic E-state index is 13.3. The van der Waals surface area contributed by atoms with Gasteiger partial charge in [0, 0.05) is 17.3 Å². The van der Waals surface area contributed by atoms with Crippen LogP contribution in [0.2, 0.25) is 0 Å². The topological polar surface area (TPSA) is 72.7 Å². The molecule has 29 heavy (non-hydrogen) atoms. The fraction of sp³-hybridized carbons (Fsp3) is 0.381. The lowest BCUT2D eigenvalue weighted by Crippen LogP contribution is -2.18. The van der Waals surface area contributed by atoms with E-state index in [0.29, 0.717) is 27.8 Å². The van der Waals surface area contributed by atoms with E-state index in [2.05, 4.69) is 17.2 Å². The smallest absolute Gasteiger partial charge is 0.341 e. The minimum Gasteiger partial charge on any atom is -0.462 e. The largest absolute Gasteiger partial charge is 0.462 e. The number of hydrogen-bond donors (Lipinski definition) is 1. The average Bonchev–Trinajstić information content (AvgIpc) is 3.20. The summed E-state index contributed by atoms with van der Waals surface area (Å²) in [5.41, 5.74) is 2.59. The van der Waals surface area contributed by atoms with E-state index in [1.807, 2.05) is 0 Å². The quantitative estimate of drug-likeness (QED) is 0.639. The number of carbonyl (C=O) groups is 2. The zero-order valence-electron chi connectivity index (χ0n) is 16.3. The molecule has 3 aromatic rings. The van der Waals surface area contributed by atoms with Crippen molar-refractivity contribution >= 4 is 33.9 Å². The number of pyridine rings is 1. The molecule has 0 spiro atoms. The molecule has 6 nitrogen and oxygen atoms in total. The van der Waals surface area contributed by atoms with Crippen LogP contribution in [0.3, 0.4) is 0 Å². The SMILES string of the molecule is CCOC(=O)c1c(NC(=O)Cc2cn3cc(F)ccc3n2)sc2c1CCC(C)C2. The molecule has 3 heterocycles. The van der Waals surface area contributed by atoms with Gasteiger partial charge in [0.25, 0.3) is 0 Å². The second-order valence-corrected chi connectivity index (χ2v) is 8.45. The molecule has 0 bridgehead atoms. The Hall–Kier alpha value is -2.74. The number of carbonyl (C=O) groups excluding carboxylic acids is 2. The summed E-state index contributed by atoms with van der Waals surface area (Å²) in [5.74, 6) is -0.481. The second-order valence-electron chi connectivity index (χ2n) is 7.35. The number of fused-ring (bicyclic) bond motifs is 2. The Morgan fingerprint density at radius 1 is 1.38 bits per heavy atom. The molecule has 0 saturated carbocycles. The standard InChI is InChI=1S/C21H22FN3O3S/c1-3-28-21(27)19-15-6-4-12(2)8-16(15)29-20(19)24-18(26)9-14-11-25-10-13(22)5-7-17(25)23-14/h5,7,10-12H,3-4,6,8-9H2,1-2H3,(H,24,26). The van der Waals surface area contributed by atoms with Crippen LogP contribution in [0.25, 0.3) is 5.65 Å². The first-order valence-electron chi connectivity index (χ1n) is 9.69. The highest BCUT2D eigenvalue weighted by atomic mass is 32.1. The predicted octanol–water partition coefficient (Wildman–Crippen LogP) is 4.02. The zero-order valence-corrected chi connectivity index (χ0v) is 17.1. The summed E-state index contributed by atoms with van der Waals surface area (Å²) >= 11 is 1.46. The van der Waals surface area contributed by atoms with Gasteiger partial charge in [-0.15, -0.1) is 11.3 Å². The number of ether oxygens (including phenoxy) is 1. The van der Waals surface area contributed by atoms with Gasteiger partial charge in [-0.2, -0.15) is 0 Å². The number of imidazole rings is 1. The lowest BCUT2D eigenvalue weighted by molar-refractivity contribution is -0.115. The Morgan fingerprint density at radius 3 is 3.00 bits per heavy atom. The molecule has 1 N–H and O–H groups in total. The number of anilines is 1. The van der Waals surface area contributed by atoms with E-state index in [0.717, 1.165) is 29.7 Å². The van der Waals surface area contributed by atoms with Crippen LogP contribution in [0, 0.1) is 11.7 Å². The molecule has 1 unspecified atom stereocenters. The van der Waals surface area contributed by atoms with Gasteiger partial charge in [-0.3, -0.25) is 4.79 Å². The Morgan fingerprint density at radius 2 is 2.21 bits per heavy atom. The normalized spacial score (nSPS) is 15.9. The molecule has 8 heteroatoms. The van der Waals surface area contributed by atoms with Crippen LogP contribution in [-0.2, 0) is 28.8 Å². The first-order chi connectivity index (χ1) is 13.9. The molecule has 0 saturated heterocycles. The van der Waals surface area contributed by atoms with Crippen molar-refractivity contribution in [3.63, 3.8) is 0 Å². The predicted molar refractivity (Wildman–Crippen MR) is 109 cm³/mol. The van der Waals surface area contributed by atoms with Crippen molar-refractivity contribution in [3.05, 3.63) is 52.0 Å². The number of rotatable bonds is 5. The monoisotopic (exact) mass is 415 g/mol. The van der Waals surface area contributed by atoms with Gasteiger partial charge >= 0.3 is 5.97 Å². The lowest BCUT2D eigenvalue weighted by Gasteiger charge is -2.18. The molecule has 4 rings (SSSR count). The summed E-state index contributed by atoms with van der Waals surface area (Å²) in [5, 5.41) is 3.43. The molecular formula is C21H22FN3O3S. The minimum absolute atomic E-state index is 0.0323. The van der Waals surface area contributed by atoms with Gasteiger partial charge < -0.3 is 14.5 Å². The summed E-state index contributed by atoms with van der Waals surface area (Å²) in [7, 11) is 0. The average molecular weight is 415 g/mol. The Balaban J connectivity index is 1.57. The summed E-state index contributed by atoms with van der Waals surface area (Å²) < 4.78 is 20.1. The zero-order chi connectivity index (χ0) is 20.5. The van der Waals surface area contributed by atoms with E-state index in [4.69, 9.17) is 4.74 Å². The van der Waals surface area contributed by atoms with E-state index >= 15 is 0 Å². The first-order valence-corrected chi connectivity index (χ1v) is 10.5. The van der Waals surface area contributed by atoms with Gasteiger partial charge in [0.2, 0.25) is 5.91 Å².